The van der Waals surface area contributed by atoms with Gasteiger partial charge in [-0.25, -0.2) is 4.79 Å². The Morgan fingerprint density at radius 1 is 1.24 bits per heavy atom. The van der Waals surface area contributed by atoms with E-state index < -0.39 is 5.97 Å². The maximum Gasteiger partial charge on any atom is 0.341 e. The van der Waals surface area contributed by atoms with Crippen molar-refractivity contribution in [2.24, 2.45) is 0 Å². The summed E-state index contributed by atoms with van der Waals surface area (Å²) < 4.78 is 15.5. The Hall–Kier alpha value is -2.54. The first-order valence-corrected chi connectivity index (χ1v) is 8.88. The van der Waals surface area contributed by atoms with Crippen LogP contribution in [0.4, 0.5) is 5.00 Å². The van der Waals surface area contributed by atoms with E-state index in [0.29, 0.717) is 22.1 Å². The second kappa shape index (κ2) is 6.40. The number of hydrogen-bond donors (Lipinski definition) is 1. The van der Waals surface area contributed by atoms with E-state index in [1.807, 2.05) is 6.07 Å². The van der Waals surface area contributed by atoms with Crippen LogP contribution in [-0.4, -0.2) is 25.8 Å². The minimum Gasteiger partial charge on any atom is -0.465 e. The third kappa shape index (κ3) is 2.95. The standard InChI is InChI=1S/C18H17NO5S/c1-22-18(21)16-11-3-2-4-14(11)25-17(16)19-15(20)8-10-5-6-12-13(7-10)24-9-23-12/h5-7H,2-4,8-9H2,1H3,(H,19,20). The van der Waals surface area contributed by atoms with Crippen LogP contribution in [-0.2, 0) is 28.8 Å². The van der Waals surface area contributed by atoms with Crippen molar-refractivity contribution in [3.8, 4) is 11.5 Å². The predicted molar refractivity (Wildman–Crippen MR) is 92.6 cm³/mol. The smallest absolute Gasteiger partial charge is 0.341 e. The first-order chi connectivity index (χ1) is 12.2. The van der Waals surface area contributed by atoms with Gasteiger partial charge in [-0.1, -0.05) is 6.07 Å². The van der Waals surface area contributed by atoms with E-state index >= 15 is 0 Å². The van der Waals surface area contributed by atoms with Crippen molar-refractivity contribution in [1.29, 1.82) is 0 Å². The van der Waals surface area contributed by atoms with Gasteiger partial charge in [-0.3, -0.25) is 4.79 Å². The normalized spacial score (nSPS) is 14.3. The highest BCUT2D eigenvalue weighted by atomic mass is 32.1. The SMILES string of the molecule is COC(=O)c1c(NC(=O)Cc2ccc3c(c2)OCO3)sc2c1CCC2. The number of methoxy groups -OCH3 is 1. The van der Waals surface area contributed by atoms with Crippen LogP contribution < -0.4 is 14.8 Å². The first kappa shape index (κ1) is 16.0. The third-order valence-corrected chi connectivity index (χ3v) is 5.57. The Bertz CT molecular complexity index is 857. The zero-order valence-electron chi connectivity index (χ0n) is 13.7. The van der Waals surface area contributed by atoms with Crippen LogP contribution in [0.5, 0.6) is 11.5 Å². The molecule has 0 bridgehead atoms. The Morgan fingerprint density at radius 2 is 2.08 bits per heavy atom. The Balaban J connectivity index is 1.52. The number of amides is 1. The van der Waals surface area contributed by atoms with Crippen molar-refractivity contribution in [3.05, 3.63) is 39.8 Å². The fourth-order valence-electron chi connectivity index (χ4n) is 3.22. The maximum absolute atomic E-state index is 12.4. The molecule has 7 heteroatoms. The number of fused-ring (bicyclic) bond motifs is 2. The molecular weight excluding hydrogens is 342 g/mol. The molecule has 0 unspecified atom stereocenters. The van der Waals surface area contributed by atoms with Gasteiger partial charge in [0.2, 0.25) is 12.7 Å². The van der Waals surface area contributed by atoms with Gasteiger partial charge in [-0.05, 0) is 42.5 Å². The van der Waals surface area contributed by atoms with E-state index in [9.17, 15) is 9.59 Å². The second-order valence-electron chi connectivity index (χ2n) is 5.97. The van der Waals surface area contributed by atoms with Crippen LogP contribution >= 0.6 is 11.3 Å². The van der Waals surface area contributed by atoms with Crippen LogP contribution in [0.15, 0.2) is 18.2 Å². The summed E-state index contributed by atoms with van der Waals surface area (Å²) in [5.74, 6) is 0.768. The van der Waals surface area contributed by atoms with Gasteiger partial charge in [0, 0.05) is 4.88 Å². The number of anilines is 1. The summed E-state index contributed by atoms with van der Waals surface area (Å²) in [6.07, 6.45) is 3.03. The zero-order chi connectivity index (χ0) is 17.4. The molecule has 2 heterocycles. The molecule has 6 nitrogen and oxygen atoms in total. The van der Waals surface area contributed by atoms with Gasteiger partial charge < -0.3 is 19.5 Å². The molecule has 1 aliphatic heterocycles. The molecule has 0 atom stereocenters. The van der Waals surface area contributed by atoms with Crippen LogP contribution in [0.1, 0.15) is 32.8 Å². The molecule has 1 aliphatic carbocycles. The van der Waals surface area contributed by atoms with Crippen molar-refractivity contribution in [2.75, 3.05) is 19.2 Å². The number of thiophene rings is 1. The van der Waals surface area contributed by atoms with E-state index in [-0.39, 0.29) is 19.1 Å². The van der Waals surface area contributed by atoms with Gasteiger partial charge in [0.15, 0.2) is 11.5 Å². The molecular formula is C18H17NO5S. The lowest BCUT2D eigenvalue weighted by Crippen LogP contribution is -2.16. The number of carbonyl (C=O) groups is 2. The van der Waals surface area contributed by atoms with E-state index in [4.69, 9.17) is 14.2 Å². The van der Waals surface area contributed by atoms with Crippen LogP contribution in [0.2, 0.25) is 0 Å². The molecule has 0 fully saturated rings. The third-order valence-electron chi connectivity index (χ3n) is 4.37. The fraction of sp³-hybridized carbons (Fsp3) is 0.333. The lowest BCUT2D eigenvalue weighted by molar-refractivity contribution is -0.115. The summed E-state index contributed by atoms with van der Waals surface area (Å²) in [4.78, 5) is 25.7. The van der Waals surface area contributed by atoms with Gasteiger partial charge in [0.05, 0.1) is 19.1 Å². The number of nitrogens with one attached hydrogen (secondary N) is 1. The Morgan fingerprint density at radius 3 is 2.92 bits per heavy atom. The van der Waals surface area contributed by atoms with Gasteiger partial charge in [-0.15, -0.1) is 11.3 Å². The monoisotopic (exact) mass is 359 g/mol. The average Bonchev–Trinajstić information content (AvgIpc) is 3.29. The van der Waals surface area contributed by atoms with Crippen molar-refractivity contribution in [1.82, 2.24) is 0 Å². The minimum absolute atomic E-state index is 0.177. The number of aryl methyl sites for hydroxylation is 1. The second-order valence-corrected chi connectivity index (χ2v) is 7.07. The molecule has 4 rings (SSSR count). The number of esters is 1. The molecule has 1 aromatic heterocycles. The summed E-state index contributed by atoms with van der Waals surface area (Å²) in [7, 11) is 1.36. The molecule has 1 aromatic carbocycles. The lowest BCUT2D eigenvalue weighted by atomic mass is 10.1. The highest BCUT2D eigenvalue weighted by Crippen LogP contribution is 2.39. The topological polar surface area (TPSA) is 73.9 Å². The van der Waals surface area contributed by atoms with Gasteiger partial charge in [-0.2, -0.15) is 0 Å². The quantitative estimate of drug-likeness (QED) is 0.850. The first-order valence-electron chi connectivity index (χ1n) is 8.07. The molecule has 1 N–H and O–H groups in total. The summed E-state index contributed by atoms with van der Waals surface area (Å²) in [6, 6.07) is 5.44. The van der Waals surface area contributed by atoms with Crippen LogP contribution in [0.3, 0.4) is 0 Å². The molecule has 2 aromatic rings. The van der Waals surface area contributed by atoms with E-state index in [0.717, 1.165) is 30.4 Å². The summed E-state index contributed by atoms with van der Waals surface area (Å²) in [5.41, 5.74) is 2.36. The predicted octanol–water partition coefficient (Wildman–Crippen LogP) is 2.93. The Kier molecular flexibility index (Phi) is 4.09. The van der Waals surface area contributed by atoms with Gasteiger partial charge in [0.1, 0.15) is 5.00 Å². The minimum atomic E-state index is -0.391. The van der Waals surface area contributed by atoms with Crippen LogP contribution in [0.25, 0.3) is 0 Å². The van der Waals surface area contributed by atoms with Gasteiger partial charge >= 0.3 is 5.97 Å². The molecule has 25 heavy (non-hydrogen) atoms. The molecule has 0 radical (unpaired) electrons. The lowest BCUT2D eigenvalue weighted by Gasteiger charge is -2.07. The van der Waals surface area contributed by atoms with Crippen molar-refractivity contribution >= 4 is 28.2 Å². The number of benzene rings is 1. The summed E-state index contributed by atoms with van der Waals surface area (Å²) in [5, 5.41) is 3.46. The van der Waals surface area contributed by atoms with E-state index in [1.165, 1.54) is 23.3 Å². The molecule has 2 aliphatic rings. The molecule has 1 amide bonds. The fourth-order valence-corrected chi connectivity index (χ4v) is 4.51. The molecule has 130 valence electrons. The van der Waals surface area contributed by atoms with E-state index in [2.05, 4.69) is 5.32 Å². The van der Waals surface area contributed by atoms with E-state index in [1.54, 1.807) is 12.1 Å². The van der Waals surface area contributed by atoms with Crippen LogP contribution in [0, 0.1) is 0 Å². The number of rotatable bonds is 4. The number of carbonyl (C=O) groups excluding carboxylic acids is 2. The molecule has 0 saturated carbocycles. The van der Waals surface area contributed by atoms with Crippen molar-refractivity contribution in [2.45, 2.75) is 25.7 Å². The Labute approximate surface area is 148 Å². The average molecular weight is 359 g/mol. The number of hydrogen-bond acceptors (Lipinski definition) is 6. The summed E-state index contributed by atoms with van der Waals surface area (Å²) >= 11 is 1.47. The highest BCUT2D eigenvalue weighted by Gasteiger charge is 2.28. The highest BCUT2D eigenvalue weighted by molar-refractivity contribution is 7.17. The largest absolute Gasteiger partial charge is 0.465 e. The summed E-state index contributed by atoms with van der Waals surface area (Å²) in [6.45, 7) is 0.203. The maximum atomic E-state index is 12.4. The molecule has 0 saturated heterocycles. The molecule has 0 spiro atoms. The van der Waals surface area contributed by atoms with Crippen molar-refractivity contribution < 1.29 is 23.8 Å². The number of ether oxygens (including phenoxy) is 3. The van der Waals surface area contributed by atoms with Crippen molar-refractivity contribution in [3.63, 3.8) is 0 Å². The zero-order valence-corrected chi connectivity index (χ0v) is 14.5. The van der Waals surface area contributed by atoms with Gasteiger partial charge in [0.25, 0.3) is 0 Å².